The molecule has 160 valence electrons. The molecule has 0 saturated carbocycles. The third-order valence-corrected chi connectivity index (χ3v) is 7.21. The molecular formula is C23H23N3O3S2. The normalized spacial score (nSPS) is 16.2. The van der Waals surface area contributed by atoms with E-state index in [4.69, 9.17) is 4.74 Å². The van der Waals surface area contributed by atoms with Crippen LogP contribution >= 0.6 is 23.1 Å². The van der Waals surface area contributed by atoms with Crippen molar-refractivity contribution in [1.29, 1.82) is 0 Å². The van der Waals surface area contributed by atoms with Gasteiger partial charge in [0.15, 0.2) is 4.34 Å². The van der Waals surface area contributed by atoms with Gasteiger partial charge in [-0.15, -0.1) is 11.3 Å². The predicted molar refractivity (Wildman–Crippen MR) is 124 cm³/mol. The van der Waals surface area contributed by atoms with Gasteiger partial charge in [0.2, 0.25) is 0 Å². The number of urea groups is 1. The summed E-state index contributed by atoms with van der Waals surface area (Å²) < 4.78 is 7.34. The molecular weight excluding hydrogens is 430 g/mol. The van der Waals surface area contributed by atoms with Gasteiger partial charge < -0.3 is 15.4 Å². The van der Waals surface area contributed by atoms with E-state index in [0.29, 0.717) is 17.0 Å². The Balaban J connectivity index is 1.71. The number of esters is 1. The largest absolute Gasteiger partial charge is 0.463 e. The van der Waals surface area contributed by atoms with Gasteiger partial charge in [-0.1, -0.05) is 47.7 Å². The fourth-order valence-corrected chi connectivity index (χ4v) is 5.57. The number of ether oxygens (including phenoxy) is 1. The van der Waals surface area contributed by atoms with Crippen LogP contribution in [0.2, 0.25) is 0 Å². The first-order valence-electron chi connectivity index (χ1n) is 9.99. The van der Waals surface area contributed by atoms with E-state index in [2.05, 4.69) is 15.6 Å². The second-order valence-electron chi connectivity index (χ2n) is 7.24. The van der Waals surface area contributed by atoms with E-state index in [1.165, 1.54) is 11.8 Å². The summed E-state index contributed by atoms with van der Waals surface area (Å²) in [5.74, 6) is -0.0243. The van der Waals surface area contributed by atoms with Gasteiger partial charge in [-0.2, -0.15) is 0 Å². The molecule has 3 aromatic rings. The maximum atomic E-state index is 13.0. The van der Waals surface area contributed by atoms with E-state index < -0.39 is 12.0 Å². The molecule has 8 heteroatoms. The number of nitrogens with zero attached hydrogens (tertiary/aromatic N) is 1. The molecule has 0 spiro atoms. The Hall–Kier alpha value is -2.84. The molecule has 4 rings (SSSR count). The standard InChI is InChI=1S/C23H23N3O3S2/c1-4-29-21(27)19-17(12-30-23-25-16-7-5-6-8-18(16)31-23)24-22(28)26-20(19)15-11-13(2)9-10-14(15)3/h5-11,20H,4,12H2,1-3H3,(H2,24,26,28)/t20-/m0/s1. The minimum absolute atomic E-state index is 0.258. The fraction of sp³-hybridized carbons (Fsp3) is 0.261. The van der Waals surface area contributed by atoms with Gasteiger partial charge in [0.05, 0.1) is 28.4 Å². The van der Waals surface area contributed by atoms with E-state index in [0.717, 1.165) is 31.2 Å². The van der Waals surface area contributed by atoms with E-state index in [1.807, 2.05) is 56.3 Å². The summed E-state index contributed by atoms with van der Waals surface area (Å²) in [6.07, 6.45) is 0. The lowest BCUT2D eigenvalue weighted by molar-refractivity contribution is -0.139. The van der Waals surface area contributed by atoms with Gasteiger partial charge in [0.25, 0.3) is 0 Å². The number of nitrogens with one attached hydrogen (secondary N) is 2. The molecule has 1 aliphatic rings. The highest BCUT2D eigenvalue weighted by molar-refractivity contribution is 8.01. The molecule has 0 fully saturated rings. The smallest absolute Gasteiger partial charge is 0.338 e. The lowest BCUT2D eigenvalue weighted by Gasteiger charge is -2.30. The molecule has 6 nitrogen and oxygen atoms in total. The number of para-hydroxylation sites is 1. The van der Waals surface area contributed by atoms with Crippen LogP contribution < -0.4 is 10.6 Å². The van der Waals surface area contributed by atoms with Crippen LogP contribution in [-0.2, 0) is 9.53 Å². The quantitative estimate of drug-likeness (QED) is 0.411. The maximum Gasteiger partial charge on any atom is 0.338 e. The van der Waals surface area contributed by atoms with Gasteiger partial charge >= 0.3 is 12.0 Å². The summed E-state index contributed by atoms with van der Waals surface area (Å²) in [5, 5.41) is 5.74. The zero-order chi connectivity index (χ0) is 22.0. The monoisotopic (exact) mass is 453 g/mol. The third-order valence-electron chi connectivity index (χ3n) is 5.01. The van der Waals surface area contributed by atoms with Crippen molar-refractivity contribution in [2.75, 3.05) is 12.4 Å². The zero-order valence-corrected chi connectivity index (χ0v) is 19.2. The number of thioether (sulfide) groups is 1. The first kappa shape index (κ1) is 21.4. The lowest BCUT2D eigenvalue weighted by atomic mass is 9.91. The Bertz CT molecular complexity index is 1150. The molecule has 2 heterocycles. The van der Waals surface area contributed by atoms with Gasteiger partial charge in [0, 0.05) is 11.4 Å². The van der Waals surface area contributed by atoms with Crippen LogP contribution in [0.3, 0.4) is 0 Å². The second kappa shape index (κ2) is 9.11. The molecule has 1 aliphatic heterocycles. The number of amides is 2. The summed E-state index contributed by atoms with van der Waals surface area (Å²) in [5.41, 5.74) is 4.87. The molecule has 31 heavy (non-hydrogen) atoms. The second-order valence-corrected chi connectivity index (χ2v) is 9.49. The Labute approximate surface area is 189 Å². The van der Waals surface area contributed by atoms with E-state index >= 15 is 0 Å². The summed E-state index contributed by atoms with van der Waals surface area (Å²) in [7, 11) is 0. The molecule has 0 radical (unpaired) electrons. The fourth-order valence-electron chi connectivity index (χ4n) is 3.53. The Morgan fingerprint density at radius 2 is 2.03 bits per heavy atom. The Morgan fingerprint density at radius 3 is 2.81 bits per heavy atom. The SMILES string of the molecule is CCOC(=O)C1=C(CSc2nc3ccccc3s2)NC(=O)N[C@H]1c1cc(C)ccc1C. The molecule has 0 saturated heterocycles. The highest BCUT2D eigenvalue weighted by atomic mass is 32.2. The summed E-state index contributed by atoms with van der Waals surface area (Å²) in [4.78, 5) is 30.1. The Morgan fingerprint density at radius 1 is 1.23 bits per heavy atom. The summed E-state index contributed by atoms with van der Waals surface area (Å²) in [6, 6.07) is 13.1. The molecule has 0 unspecified atom stereocenters. The minimum Gasteiger partial charge on any atom is -0.463 e. The van der Waals surface area contributed by atoms with Crippen LogP contribution in [0.4, 0.5) is 4.79 Å². The number of rotatable bonds is 6. The van der Waals surface area contributed by atoms with Crippen molar-refractivity contribution >= 4 is 45.3 Å². The molecule has 2 N–H and O–H groups in total. The first-order valence-corrected chi connectivity index (χ1v) is 11.8. The van der Waals surface area contributed by atoms with E-state index in [1.54, 1.807) is 18.3 Å². The highest BCUT2D eigenvalue weighted by Crippen LogP contribution is 2.34. The van der Waals surface area contributed by atoms with Gasteiger partial charge in [0.1, 0.15) is 0 Å². The van der Waals surface area contributed by atoms with Crippen molar-refractivity contribution in [3.63, 3.8) is 0 Å². The summed E-state index contributed by atoms with van der Waals surface area (Å²) >= 11 is 3.09. The topological polar surface area (TPSA) is 80.3 Å². The molecule has 0 aliphatic carbocycles. The maximum absolute atomic E-state index is 13.0. The zero-order valence-electron chi connectivity index (χ0n) is 17.5. The molecule has 2 aromatic carbocycles. The average Bonchev–Trinajstić information content (AvgIpc) is 3.16. The molecule has 0 bridgehead atoms. The van der Waals surface area contributed by atoms with Crippen molar-refractivity contribution in [1.82, 2.24) is 15.6 Å². The predicted octanol–water partition coefficient (Wildman–Crippen LogP) is 4.88. The molecule has 1 aromatic heterocycles. The van der Waals surface area contributed by atoms with Gasteiger partial charge in [-0.3, -0.25) is 0 Å². The summed E-state index contributed by atoms with van der Waals surface area (Å²) in [6.45, 7) is 5.99. The lowest BCUT2D eigenvalue weighted by Crippen LogP contribution is -2.46. The van der Waals surface area contributed by atoms with Crippen LogP contribution in [0, 0.1) is 13.8 Å². The first-order chi connectivity index (χ1) is 15.0. The van der Waals surface area contributed by atoms with Crippen molar-refractivity contribution in [3.8, 4) is 0 Å². The third kappa shape index (κ3) is 4.60. The number of aromatic nitrogens is 1. The van der Waals surface area contributed by atoms with Crippen LogP contribution in [0.1, 0.15) is 29.7 Å². The van der Waals surface area contributed by atoms with Crippen molar-refractivity contribution in [2.45, 2.75) is 31.2 Å². The Kier molecular flexibility index (Phi) is 6.29. The van der Waals surface area contributed by atoms with Gasteiger partial charge in [-0.05, 0) is 44.0 Å². The number of hydrogen-bond donors (Lipinski definition) is 2. The van der Waals surface area contributed by atoms with Gasteiger partial charge in [-0.25, -0.2) is 14.6 Å². The number of benzene rings is 2. The minimum atomic E-state index is -0.571. The van der Waals surface area contributed by atoms with Crippen LogP contribution in [-0.4, -0.2) is 29.3 Å². The molecule has 2 amide bonds. The number of hydrogen-bond acceptors (Lipinski definition) is 6. The van der Waals surface area contributed by atoms with Crippen molar-refractivity contribution < 1.29 is 14.3 Å². The number of carbonyl (C=O) groups excluding carboxylic acids is 2. The van der Waals surface area contributed by atoms with Crippen molar-refractivity contribution in [2.24, 2.45) is 0 Å². The van der Waals surface area contributed by atoms with Crippen LogP contribution in [0.15, 0.2) is 58.1 Å². The number of thiazole rings is 1. The average molecular weight is 454 g/mol. The number of aryl methyl sites for hydroxylation is 2. The number of fused-ring (bicyclic) bond motifs is 1. The van der Waals surface area contributed by atoms with E-state index in [-0.39, 0.29) is 12.6 Å². The van der Waals surface area contributed by atoms with Crippen LogP contribution in [0.25, 0.3) is 10.2 Å². The van der Waals surface area contributed by atoms with Crippen LogP contribution in [0.5, 0.6) is 0 Å². The van der Waals surface area contributed by atoms with Crippen molar-refractivity contribution in [3.05, 3.63) is 70.4 Å². The van der Waals surface area contributed by atoms with E-state index in [9.17, 15) is 9.59 Å². The highest BCUT2D eigenvalue weighted by Gasteiger charge is 2.34. The molecule has 1 atom stereocenters. The number of carbonyl (C=O) groups is 2.